The van der Waals surface area contributed by atoms with Crippen LogP contribution in [0.3, 0.4) is 0 Å². The second-order valence-electron chi connectivity index (χ2n) is 6.74. The number of rotatable bonds is 3. The molecule has 1 aromatic carbocycles. The first-order valence-corrected chi connectivity index (χ1v) is 9.03. The molecule has 134 valence electrons. The first-order valence-electron chi connectivity index (χ1n) is 8.65. The van der Waals surface area contributed by atoms with Crippen LogP contribution < -0.4 is 4.90 Å². The Balaban J connectivity index is 1.65. The highest BCUT2D eigenvalue weighted by molar-refractivity contribution is 6.30. The summed E-state index contributed by atoms with van der Waals surface area (Å²) in [5.41, 5.74) is 2.26. The van der Waals surface area contributed by atoms with Crippen molar-refractivity contribution < 1.29 is 14.7 Å². The molecule has 1 N–H and O–H groups in total. The average molecular weight is 363 g/mol. The number of nitrogens with zero attached hydrogens (tertiary/aromatic N) is 2. The lowest BCUT2D eigenvalue weighted by Gasteiger charge is -2.39. The maximum atomic E-state index is 12.8. The number of halogens is 1. The number of aryl methyl sites for hydroxylation is 1. The van der Waals surface area contributed by atoms with E-state index < -0.39 is 17.8 Å². The van der Waals surface area contributed by atoms with Crippen molar-refractivity contribution in [1.82, 2.24) is 4.90 Å². The molecule has 1 aliphatic heterocycles. The molecule has 2 atom stereocenters. The molecule has 0 bridgehead atoms. The maximum Gasteiger partial charge on any atom is 0.307 e. The summed E-state index contributed by atoms with van der Waals surface area (Å²) in [7, 11) is 0. The Morgan fingerprint density at radius 3 is 2.36 bits per heavy atom. The fourth-order valence-corrected chi connectivity index (χ4v) is 3.85. The van der Waals surface area contributed by atoms with Crippen molar-refractivity contribution >= 4 is 29.2 Å². The van der Waals surface area contributed by atoms with E-state index in [-0.39, 0.29) is 5.91 Å². The van der Waals surface area contributed by atoms with Gasteiger partial charge in [0, 0.05) is 36.9 Å². The van der Waals surface area contributed by atoms with E-state index >= 15 is 0 Å². The Hall–Kier alpha value is -2.01. The third-order valence-electron chi connectivity index (χ3n) is 5.17. The van der Waals surface area contributed by atoms with E-state index in [0.717, 1.165) is 24.3 Å². The average Bonchev–Trinajstić information content (AvgIpc) is 2.63. The van der Waals surface area contributed by atoms with Gasteiger partial charge in [0.2, 0.25) is 5.91 Å². The first kappa shape index (κ1) is 17.8. The van der Waals surface area contributed by atoms with Gasteiger partial charge in [0.05, 0.1) is 11.8 Å². The lowest BCUT2D eigenvalue weighted by atomic mass is 9.82. The number of piperazine rings is 1. The van der Waals surface area contributed by atoms with Gasteiger partial charge < -0.3 is 14.9 Å². The largest absolute Gasteiger partial charge is 0.481 e. The zero-order valence-electron chi connectivity index (χ0n) is 14.3. The van der Waals surface area contributed by atoms with E-state index in [2.05, 4.69) is 11.8 Å². The monoisotopic (exact) mass is 362 g/mol. The Kier molecular flexibility index (Phi) is 5.33. The molecule has 1 amide bonds. The lowest BCUT2D eigenvalue weighted by Crippen LogP contribution is -2.52. The summed E-state index contributed by atoms with van der Waals surface area (Å²) in [6.07, 6.45) is 4.74. The van der Waals surface area contributed by atoms with Crippen molar-refractivity contribution in [2.45, 2.75) is 19.8 Å². The zero-order valence-corrected chi connectivity index (χ0v) is 15.1. The molecule has 0 unspecified atom stereocenters. The van der Waals surface area contributed by atoms with E-state index in [0.29, 0.717) is 31.0 Å². The van der Waals surface area contributed by atoms with Crippen molar-refractivity contribution in [3.63, 3.8) is 0 Å². The summed E-state index contributed by atoms with van der Waals surface area (Å²) >= 11 is 6.11. The van der Waals surface area contributed by atoms with Gasteiger partial charge in [0.1, 0.15) is 0 Å². The van der Waals surface area contributed by atoms with E-state index in [1.54, 1.807) is 0 Å². The molecule has 1 aliphatic carbocycles. The lowest BCUT2D eigenvalue weighted by molar-refractivity contribution is -0.150. The molecule has 0 spiro atoms. The van der Waals surface area contributed by atoms with Crippen LogP contribution >= 0.6 is 11.6 Å². The Labute approximate surface area is 152 Å². The predicted molar refractivity (Wildman–Crippen MR) is 98.0 cm³/mol. The van der Waals surface area contributed by atoms with Gasteiger partial charge in [-0.25, -0.2) is 0 Å². The SMILES string of the molecule is Cc1ccc(Cl)cc1N1CCN(C(=O)[C@H]2CC=CC[C@H]2C(=O)O)CC1. The van der Waals surface area contributed by atoms with Gasteiger partial charge in [-0.1, -0.05) is 29.8 Å². The normalized spacial score (nSPS) is 23.6. The molecule has 1 aromatic rings. The van der Waals surface area contributed by atoms with Gasteiger partial charge in [0.25, 0.3) is 0 Å². The highest BCUT2D eigenvalue weighted by Gasteiger charge is 2.37. The minimum atomic E-state index is -0.879. The van der Waals surface area contributed by atoms with Gasteiger partial charge in [-0.3, -0.25) is 9.59 Å². The number of amides is 1. The highest BCUT2D eigenvalue weighted by atomic mass is 35.5. The van der Waals surface area contributed by atoms with Crippen LogP contribution in [0, 0.1) is 18.8 Å². The first-order chi connectivity index (χ1) is 12.0. The maximum absolute atomic E-state index is 12.8. The molecule has 5 nitrogen and oxygen atoms in total. The van der Waals surface area contributed by atoms with Gasteiger partial charge in [-0.2, -0.15) is 0 Å². The van der Waals surface area contributed by atoms with Crippen LogP contribution in [0.2, 0.25) is 5.02 Å². The van der Waals surface area contributed by atoms with Crippen molar-refractivity contribution in [3.8, 4) is 0 Å². The quantitative estimate of drug-likeness (QED) is 0.840. The number of anilines is 1. The van der Waals surface area contributed by atoms with Gasteiger partial charge >= 0.3 is 5.97 Å². The van der Waals surface area contributed by atoms with Gasteiger partial charge in [-0.05, 0) is 37.5 Å². The van der Waals surface area contributed by atoms with E-state index in [4.69, 9.17) is 11.6 Å². The Morgan fingerprint density at radius 1 is 1.08 bits per heavy atom. The summed E-state index contributed by atoms with van der Waals surface area (Å²) in [5, 5.41) is 10.1. The molecule has 0 radical (unpaired) electrons. The van der Waals surface area contributed by atoms with Crippen LogP contribution in [-0.2, 0) is 9.59 Å². The van der Waals surface area contributed by atoms with Crippen LogP contribution in [0.5, 0.6) is 0 Å². The number of allylic oxidation sites excluding steroid dienone is 2. The van der Waals surface area contributed by atoms with Crippen molar-refractivity contribution in [2.75, 3.05) is 31.1 Å². The Bertz CT molecular complexity index is 696. The van der Waals surface area contributed by atoms with Gasteiger partial charge in [0.15, 0.2) is 0 Å². The number of hydrogen-bond acceptors (Lipinski definition) is 3. The topological polar surface area (TPSA) is 60.9 Å². The number of hydrogen-bond donors (Lipinski definition) is 1. The molecular formula is C19H23ClN2O3. The summed E-state index contributed by atoms with van der Waals surface area (Å²) in [6, 6.07) is 5.84. The molecule has 6 heteroatoms. The molecule has 1 heterocycles. The molecule has 3 rings (SSSR count). The fourth-order valence-electron chi connectivity index (χ4n) is 3.69. The van der Waals surface area contributed by atoms with E-state index in [1.165, 1.54) is 0 Å². The molecule has 1 fully saturated rings. The summed E-state index contributed by atoms with van der Waals surface area (Å²) in [5.74, 6) is -1.96. The van der Waals surface area contributed by atoms with Crippen LogP contribution in [0.15, 0.2) is 30.4 Å². The summed E-state index contributed by atoms with van der Waals surface area (Å²) in [6.45, 7) is 4.73. The molecular weight excluding hydrogens is 340 g/mol. The second-order valence-corrected chi connectivity index (χ2v) is 7.17. The molecule has 25 heavy (non-hydrogen) atoms. The number of carbonyl (C=O) groups excluding carboxylic acids is 1. The zero-order chi connectivity index (χ0) is 18.0. The number of carbonyl (C=O) groups is 2. The smallest absolute Gasteiger partial charge is 0.307 e. The number of benzene rings is 1. The third kappa shape index (κ3) is 3.82. The van der Waals surface area contributed by atoms with Crippen LogP contribution in [0.4, 0.5) is 5.69 Å². The predicted octanol–water partition coefficient (Wildman–Crippen LogP) is 2.96. The van der Waals surface area contributed by atoms with Crippen LogP contribution in [0.1, 0.15) is 18.4 Å². The van der Waals surface area contributed by atoms with E-state index in [1.807, 2.05) is 35.3 Å². The fraction of sp³-hybridized carbons (Fsp3) is 0.474. The second kappa shape index (κ2) is 7.48. The number of aliphatic carboxylic acids is 1. The minimum absolute atomic E-state index is 0.0285. The van der Waals surface area contributed by atoms with E-state index in [9.17, 15) is 14.7 Å². The third-order valence-corrected chi connectivity index (χ3v) is 5.41. The highest BCUT2D eigenvalue weighted by Crippen LogP contribution is 2.29. The molecule has 2 aliphatic rings. The summed E-state index contributed by atoms with van der Waals surface area (Å²) < 4.78 is 0. The van der Waals surface area contributed by atoms with Crippen molar-refractivity contribution in [2.24, 2.45) is 11.8 Å². The number of carboxylic acid groups (broad SMARTS) is 1. The minimum Gasteiger partial charge on any atom is -0.481 e. The summed E-state index contributed by atoms with van der Waals surface area (Å²) in [4.78, 5) is 28.3. The van der Waals surface area contributed by atoms with Crippen molar-refractivity contribution in [1.29, 1.82) is 0 Å². The van der Waals surface area contributed by atoms with Crippen LogP contribution in [-0.4, -0.2) is 48.1 Å². The van der Waals surface area contributed by atoms with Gasteiger partial charge in [-0.15, -0.1) is 0 Å². The molecule has 0 saturated carbocycles. The standard InChI is InChI=1S/C19H23ClN2O3/c1-13-6-7-14(20)12-17(13)21-8-10-22(11-9-21)18(23)15-4-2-3-5-16(15)19(24)25/h2-3,6-7,12,15-16H,4-5,8-11H2,1H3,(H,24,25)/t15-,16+/m0/s1. The van der Waals surface area contributed by atoms with Crippen molar-refractivity contribution in [3.05, 3.63) is 40.9 Å². The molecule has 1 saturated heterocycles. The Morgan fingerprint density at radius 2 is 1.72 bits per heavy atom. The molecule has 0 aromatic heterocycles. The van der Waals surface area contributed by atoms with Crippen LogP contribution in [0.25, 0.3) is 0 Å². The number of carboxylic acids is 1.